The standard InChI is InChI=1S/C26H38I.C8H8/c1-3-5-7-9-11-13-23-15-19-25(20-16-23)27-26-21-17-24(18-22-26)14-12-10-8-6-4-2;1-2-8-6-4-3-5-7-8/h15-22H,3-14H2,1-2H3;2-7H,1H2/q+1;. The molecule has 35 heavy (non-hydrogen) atoms. The highest BCUT2D eigenvalue weighted by atomic mass is 127. The third-order valence-corrected chi connectivity index (χ3v) is 8.90. The first-order chi connectivity index (χ1) is 17.2. The van der Waals surface area contributed by atoms with Crippen molar-refractivity contribution in [2.45, 2.75) is 90.9 Å². The summed E-state index contributed by atoms with van der Waals surface area (Å²) in [5.41, 5.74) is 4.20. The molecule has 3 rings (SSSR count). The molecule has 0 radical (unpaired) electrons. The van der Waals surface area contributed by atoms with E-state index in [1.54, 1.807) is 0 Å². The summed E-state index contributed by atoms with van der Waals surface area (Å²) in [5, 5.41) is 0. The van der Waals surface area contributed by atoms with Crippen molar-refractivity contribution in [3.63, 3.8) is 0 Å². The van der Waals surface area contributed by atoms with Crippen molar-refractivity contribution in [1.29, 1.82) is 0 Å². The first-order valence-corrected chi connectivity index (χ1v) is 15.9. The Kier molecular flexibility index (Phi) is 16.2. The Hall–Kier alpha value is -1.87. The van der Waals surface area contributed by atoms with Gasteiger partial charge in [0, 0.05) is 0 Å². The van der Waals surface area contributed by atoms with Crippen LogP contribution in [0.25, 0.3) is 6.08 Å². The average molecular weight is 582 g/mol. The average Bonchev–Trinajstić information content (AvgIpc) is 2.91. The van der Waals surface area contributed by atoms with E-state index in [2.05, 4.69) is 69.0 Å². The number of hydrogen-bond acceptors (Lipinski definition) is 0. The van der Waals surface area contributed by atoms with E-state index in [1.807, 2.05) is 36.4 Å². The van der Waals surface area contributed by atoms with Gasteiger partial charge < -0.3 is 0 Å². The van der Waals surface area contributed by atoms with E-state index in [0.29, 0.717) is 0 Å². The largest absolute Gasteiger partial charge is 0.357 e. The van der Waals surface area contributed by atoms with Gasteiger partial charge >= 0.3 is 21.2 Å². The van der Waals surface area contributed by atoms with Gasteiger partial charge in [0.05, 0.1) is 0 Å². The molecule has 0 N–H and O–H groups in total. The van der Waals surface area contributed by atoms with E-state index < -0.39 is 0 Å². The Morgan fingerprint density at radius 2 is 0.971 bits per heavy atom. The van der Waals surface area contributed by atoms with Crippen LogP contribution in [0.2, 0.25) is 0 Å². The van der Waals surface area contributed by atoms with Crippen LogP contribution in [0.3, 0.4) is 0 Å². The van der Waals surface area contributed by atoms with Crippen molar-refractivity contribution in [3.8, 4) is 0 Å². The molecule has 0 fully saturated rings. The minimum Gasteiger partial charge on any atom is -0.0985 e. The summed E-state index contributed by atoms with van der Waals surface area (Å²) in [5.74, 6) is 0. The quantitative estimate of drug-likeness (QED) is 0.132. The molecular weight excluding hydrogens is 535 g/mol. The molecule has 0 aliphatic carbocycles. The van der Waals surface area contributed by atoms with Gasteiger partial charge in [-0.3, -0.25) is 0 Å². The molecule has 3 aromatic carbocycles. The fraction of sp³-hybridized carbons (Fsp3) is 0.412. The Bertz CT molecular complexity index is 838. The highest BCUT2D eigenvalue weighted by Gasteiger charge is 2.15. The number of unbranched alkanes of at least 4 members (excludes halogenated alkanes) is 8. The summed E-state index contributed by atoms with van der Waals surface area (Å²) in [6.07, 6.45) is 18.0. The minimum atomic E-state index is -0.0408. The van der Waals surface area contributed by atoms with E-state index in [4.69, 9.17) is 0 Å². The minimum absolute atomic E-state index is 0.0408. The summed E-state index contributed by atoms with van der Waals surface area (Å²) < 4.78 is 3.08. The van der Waals surface area contributed by atoms with Gasteiger partial charge in [0.25, 0.3) is 0 Å². The van der Waals surface area contributed by atoms with Crippen LogP contribution in [0, 0.1) is 7.14 Å². The molecule has 0 amide bonds. The van der Waals surface area contributed by atoms with Gasteiger partial charge in [0.15, 0.2) is 7.14 Å². The molecular formula is C34H46I+. The highest BCUT2D eigenvalue weighted by Crippen LogP contribution is 2.10. The topological polar surface area (TPSA) is 0 Å². The third kappa shape index (κ3) is 13.7. The van der Waals surface area contributed by atoms with Crippen molar-refractivity contribution < 1.29 is 21.2 Å². The van der Waals surface area contributed by atoms with Gasteiger partial charge in [-0.05, 0) is 66.6 Å². The number of hydrogen-bond donors (Lipinski definition) is 0. The Balaban J connectivity index is 0.000000456. The van der Waals surface area contributed by atoms with E-state index in [9.17, 15) is 0 Å². The predicted molar refractivity (Wildman–Crippen MR) is 152 cm³/mol. The lowest BCUT2D eigenvalue weighted by Gasteiger charge is -2.01. The molecule has 1 heteroatoms. The van der Waals surface area contributed by atoms with Crippen molar-refractivity contribution in [2.24, 2.45) is 0 Å². The molecule has 0 saturated heterocycles. The van der Waals surface area contributed by atoms with Crippen LogP contribution >= 0.6 is 0 Å². The number of rotatable bonds is 15. The zero-order valence-electron chi connectivity index (χ0n) is 22.2. The van der Waals surface area contributed by atoms with Gasteiger partial charge in [0.1, 0.15) is 0 Å². The van der Waals surface area contributed by atoms with Crippen LogP contribution < -0.4 is 21.2 Å². The van der Waals surface area contributed by atoms with Gasteiger partial charge in [-0.25, -0.2) is 0 Å². The molecule has 0 aliphatic rings. The van der Waals surface area contributed by atoms with Gasteiger partial charge in [0.2, 0.25) is 0 Å². The van der Waals surface area contributed by atoms with Crippen LogP contribution in [-0.4, -0.2) is 0 Å². The normalized spacial score (nSPS) is 10.5. The number of halogens is 1. The Labute approximate surface area is 226 Å². The Morgan fingerprint density at radius 1 is 0.543 bits per heavy atom. The summed E-state index contributed by atoms with van der Waals surface area (Å²) >= 11 is -0.0408. The van der Waals surface area contributed by atoms with E-state index >= 15 is 0 Å². The molecule has 3 aromatic rings. The summed E-state index contributed by atoms with van der Waals surface area (Å²) in [4.78, 5) is 0. The zero-order valence-corrected chi connectivity index (χ0v) is 24.3. The molecule has 188 valence electrons. The number of benzene rings is 3. The number of aryl methyl sites for hydroxylation is 2. The smallest absolute Gasteiger partial charge is 0.0985 e. The third-order valence-electron chi connectivity index (χ3n) is 6.22. The SMILES string of the molecule is C=Cc1ccccc1.CCCCCCCc1ccc([I+]c2ccc(CCCCCCC)cc2)cc1. The molecule has 0 aliphatic heterocycles. The fourth-order valence-corrected chi connectivity index (χ4v) is 6.17. The summed E-state index contributed by atoms with van der Waals surface area (Å²) in [7, 11) is 0. The van der Waals surface area contributed by atoms with Crippen molar-refractivity contribution in [2.75, 3.05) is 0 Å². The molecule has 0 heterocycles. The maximum atomic E-state index is 3.63. The first kappa shape index (κ1) is 29.4. The van der Waals surface area contributed by atoms with E-state index in [0.717, 1.165) is 0 Å². The van der Waals surface area contributed by atoms with Crippen LogP contribution in [0.1, 0.15) is 94.7 Å². The predicted octanol–water partition coefficient (Wildman–Crippen LogP) is 7.17. The first-order valence-electron chi connectivity index (χ1n) is 13.7. The molecule has 0 unspecified atom stereocenters. The van der Waals surface area contributed by atoms with Crippen LogP contribution in [0.4, 0.5) is 0 Å². The van der Waals surface area contributed by atoms with Gasteiger partial charge in [-0.2, -0.15) is 0 Å². The van der Waals surface area contributed by atoms with Crippen LogP contribution in [-0.2, 0) is 12.8 Å². The summed E-state index contributed by atoms with van der Waals surface area (Å²) in [6.45, 7) is 8.19. The molecule has 0 saturated carbocycles. The van der Waals surface area contributed by atoms with Crippen molar-refractivity contribution in [3.05, 3.63) is 109 Å². The lowest BCUT2D eigenvalue weighted by Crippen LogP contribution is -3.61. The van der Waals surface area contributed by atoms with Gasteiger partial charge in [-0.15, -0.1) is 0 Å². The lowest BCUT2D eigenvalue weighted by molar-refractivity contribution is -0.597. The molecule has 0 aromatic heterocycles. The maximum Gasteiger partial charge on any atom is 0.357 e. The second-order valence-corrected chi connectivity index (χ2v) is 12.3. The summed E-state index contributed by atoms with van der Waals surface area (Å²) in [6, 6.07) is 29.0. The van der Waals surface area contributed by atoms with Crippen LogP contribution in [0.5, 0.6) is 0 Å². The molecule has 0 spiro atoms. The second-order valence-electron chi connectivity index (χ2n) is 9.29. The zero-order chi connectivity index (χ0) is 25.0. The lowest BCUT2D eigenvalue weighted by atomic mass is 10.1. The van der Waals surface area contributed by atoms with E-state index in [1.165, 1.54) is 101 Å². The monoisotopic (exact) mass is 581 g/mol. The fourth-order valence-electron chi connectivity index (χ4n) is 4.01. The molecule has 0 bridgehead atoms. The van der Waals surface area contributed by atoms with Gasteiger partial charge in [-0.1, -0.05) is 132 Å². The highest BCUT2D eigenvalue weighted by molar-refractivity contribution is 5.45. The Morgan fingerprint density at radius 3 is 1.34 bits per heavy atom. The van der Waals surface area contributed by atoms with Crippen LogP contribution in [0.15, 0.2) is 85.4 Å². The van der Waals surface area contributed by atoms with Crippen molar-refractivity contribution in [1.82, 2.24) is 0 Å². The maximum absolute atomic E-state index is 3.63. The van der Waals surface area contributed by atoms with Crippen molar-refractivity contribution >= 4 is 6.08 Å². The molecule has 0 nitrogen and oxygen atoms in total. The molecule has 0 atom stereocenters. The second kappa shape index (κ2) is 19.3. The van der Waals surface area contributed by atoms with E-state index in [-0.39, 0.29) is 21.2 Å².